The average Bonchev–Trinajstić information content (AvgIpc) is 4.19. The van der Waals surface area contributed by atoms with E-state index in [2.05, 4.69) is 45.0 Å². The number of aryl methyl sites for hydroxylation is 3. The van der Waals surface area contributed by atoms with Crippen molar-refractivity contribution in [3.05, 3.63) is 127 Å². The van der Waals surface area contributed by atoms with E-state index in [0.29, 0.717) is 41.9 Å². The van der Waals surface area contributed by atoms with Gasteiger partial charge in [-0.05, 0) is 93.5 Å². The zero-order valence-electron chi connectivity index (χ0n) is 42.1. The number of fused-ring (bicyclic) bond motifs is 4. The van der Waals surface area contributed by atoms with Gasteiger partial charge in [-0.15, -0.1) is 32.9 Å². The number of thiazole rings is 1. The van der Waals surface area contributed by atoms with Crippen LogP contribution in [0.1, 0.15) is 109 Å². The fraction of sp³-hybridized carbons (Fsp3) is 0.407. The Labute approximate surface area is 437 Å². The van der Waals surface area contributed by atoms with E-state index in [0.717, 1.165) is 65.4 Å². The van der Waals surface area contributed by atoms with Gasteiger partial charge in [0.05, 0.1) is 47.0 Å². The highest BCUT2D eigenvalue weighted by atomic mass is 35.5. The normalized spacial score (nSPS) is 18.9. The van der Waals surface area contributed by atoms with E-state index < -0.39 is 47.6 Å². The van der Waals surface area contributed by atoms with Crippen LogP contribution in [-0.4, -0.2) is 103 Å². The minimum atomic E-state index is -1.02. The summed E-state index contributed by atoms with van der Waals surface area (Å²) < 4.78 is 14.2. The Hall–Kier alpha value is -6.47. The summed E-state index contributed by atoms with van der Waals surface area (Å²) in [6.07, 6.45) is -0.900. The molecule has 6 aromatic rings. The van der Waals surface area contributed by atoms with Crippen molar-refractivity contribution >= 4 is 63.6 Å². The number of thiophene rings is 1. The maximum atomic E-state index is 14.4. The fourth-order valence-corrected chi connectivity index (χ4v) is 11.7. The third kappa shape index (κ3) is 10.9. The molecule has 1 fully saturated rings. The molecule has 0 radical (unpaired) electrons. The molecule has 382 valence electrons. The number of likely N-dealkylation sites (tertiary alicyclic amines) is 1. The molecule has 16 nitrogen and oxygen atoms in total. The number of aliphatic imine (C=N–C) groups is 1. The molecule has 4 amide bonds. The molecular formula is C54H60ClN9O7S2. The third-order valence-electron chi connectivity index (χ3n) is 13.7. The molecule has 1 saturated heterocycles. The van der Waals surface area contributed by atoms with E-state index in [1.165, 1.54) is 4.90 Å². The van der Waals surface area contributed by atoms with Gasteiger partial charge in [-0.1, -0.05) is 68.8 Å². The minimum absolute atomic E-state index is 0.0414. The second-order valence-corrected chi connectivity index (χ2v) is 22.6. The smallest absolute Gasteiger partial charge is 0.262 e. The quantitative estimate of drug-likeness (QED) is 0.0733. The number of nitrogens with zero attached hydrogens (tertiary/aromatic N) is 6. The van der Waals surface area contributed by atoms with Gasteiger partial charge in [0.15, 0.2) is 11.9 Å². The number of β-amino-alcohol motifs (C(OH)–C–C–N with tert-alkyl or cyclic N) is 1. The number of halogens is 1. The topological polar surface area (TPSA) is 202 Å². The van der Waals surface area contributed by atoms with Crippen molar-refractivity contribution < 1.29 is 33.8 Å². The molecule has 6 heterocycles. The summed E-state index contributed by atoms with van der Waals surface area (Å²) in [5, 5.41) is 30.3. The highest BCUT2D eigenvalue weighted by molar-refractivity contribution is 7.15. The van der Waals surface area contributed by atoms with Crippen molar-refractivity contribution in [3.63, 3.8) is 0 Å². The maximum Gasteiger partial charge on any atom is 0.262 e. The van der Waals surface area contributed by atoms with Crippen LogP contribution in [0.15, 0.2) is 77.2 Å². The average molecular weight is 1050 g/mol. The van der Waals surface area contributed by atoms with E-state index in [4.69, 9.17) is 26.1 Å². The molecule has 0 aliphatic carbocycles. The van der Waals surface area contributed by atoms with Crippen molar-refractivity contribution in [2.45, 2.75) is 117 Å². The summed E-state index contributed by atoms with van der Waals surface area (Å²) in [5.74, 6) is 0.949. The van der Waals surface area contributed by atoms with Crippen LogP contribution in [0.25, 0.3) is 15.4 Å². The second kappa shape index (κ2) is 21.2. The zero-order valence-corrected chi connectivity index (χ0v) is 44.5. The first-order valence-electron chi connectivity index (χ1n) is 24.5. The van der Waals surface area contributed by atoms with E-state index in [1.807, 2.05) is 106 Å². The van der Waals surface area contributed by atoms with Gasteiger partial charge in [0, 0.05) is 52.5 Å². The lowest BCUT2D eigenvalue weighted by Crippen LogP contribution is -2.59. The Morgan fingerprint density at radius 3 is 2.41 bits per heavy atom. The number of aromatic nitrogens is 4. The van der Waals surface area contributed by atoms with E-state index in [-0.39, 0.29) is 43.7 Å². The van der Waals surface area contributed by atoms with Gasteiger partial charge in [0.1, 0.15) is 40.5 Å². The Kier molecular flexibility index (Phi) is 14.9. The van der Waals surface area contributed by atoms with Gasteiger partial charge in [0.2, 0.25) is 17.7 Å². The van der Waals surface area contributed by atoms with Crippen LogP contribution in [0.3, 0.4) is 0 Å². The summed E-state index contributed by atoms with van der Waals surface area (Å²) in [6.45, 7) is 16.1. The summed E-state index contributed by atoms with van der Waals surface area (Å²) in [4.78, 5) is 68.8. The van der Waals surface area contributed by atoms with Gasteiger partial charge in [0.25, 0.3) is 5.91 Å². The molecule has 0 bridgehead atoms. The molecule has 3 aromatic heterocycles. The molecule has 73 heavy (non-hydrogen) atoms. The number of rotatable bonds is 15. The summed E-state index contributed by atoms with van der Waals surface area (Å²) in [5.41, 5.74) is 8.51. The van der Waals surface area contributed by atoms with Crippen LogP contribution in [0.2, 0.25) is 5.02 Å². The minimum Gasteiger partial charge on any atom is -0.494 e. The molecule has 19 heteroatoms. The largest absolute Gasteiger partial charge is 0.494 e. The summed E-state index contributed by atoms with van der Waals surface area (Å²) in [6, 6.07) is 18.0. The first kappa shape index (κ1) is 51.4. The van der Waals surface area contributed by atoms with E-state index in [9.17, 15) is 24.3 Å². The summed E-state index contributed by atoms with van der Waals surface area (Å²) in [7, 11) is 0. The molecule has 4 N–H and O–H groups in total. The molecule has 9 rings (SSSR count). The lowest BCUT2D eigenvalue weighted by Gasteiger charge is -2.36. The van der Waals surface area contributed by atoms with Gasteiger partial charge in [-0.3, -0.25) is 28.7 Å². The molecule has 3 aromatic carbocycles. The Bertz CT molecular complexity index is 3090. The van der Waals surface area contributed by atoms with E-state index >= 15 is 0 Å². The Morgan fingerprint density at radius 2 is 1.70 bits per heavy atom. The van der Waals surface area contributed by atoms with Crippen LogP contribution in [0.4, 0.5) is 0 Å². The van der Waals surface area contributed by atoms with Crippen molar-refractivity contribution in [2.24, 2.45) is 10.4 Å². The monoisotopic (exact) mass is 1050 g/mol. The first-order valence-corrected chi connectivity index (χ1v) is 26.6. The van der Waals surface area contributed by atoms with Gasteiger partial charge < -0.3 is 35.4 Å². The lowest BCUT2D eigenvalue weighted by atomic mass is 9.85. The number of aliphatic hydroxyl groups excluding tert-OH is 1. The van der Waals surface area contributed by atoms with Crippen molar-refractivity contribution in [2.75, 3.05) is 19.7 Å². The van der Waals surface area contributed by atoms with Crippen molar-refractivity contribution in [1.29, 1.82) is 0 Å². The molecule has 3 aliphatic rings. The number of ether oxygens (including phenoxy) is 2. The summed E-state index contributed by atoms with van der Waals surface area (Å²) >= 11 is 9.49. The zero-order chi connectivity index (χ0) is 51.9. The Balaban J connectivity index is 0.771. The number of benzene rings is 3. The fourth-order valence-electron chi connectivity index (χ4n) is 9.58. The van der Waals surface area contributed by atoms with Crippen molar-refractivity contribution in [1.82, 2.24) is 40.6 Å². The second-order valence-electron chi connectivity index (χ2n) is 20.1. The molecule has 6 atom stereocenters. The predicted octanol–water partition coefficient (Wildman–Crippen LogP) is 7.88. The number of nitrogens with one attached hydrogen (secondary N) is 3. The number of amides is 4. The standard InChI is InChI=1S/C54H60ClN9O7S2/c1-28-31(4)73-53-45(28)46(34-14-16-37(55)17-15-34)59-40(49-62-61-32(5)64(49)53)25-44(66)56-20-9-21-70-39-18-19-42-36(22-39)23-43(71-42)51(68)60-48(54(6,7)8)52(69)63-26-38(65)24-41(63)50(67)58-29(2)33-10-12-35(13-11-33)47-30(3)57-27-72-47/h10-19,22,27,29,38,40-41,43,48,65H,9,20-21,23-26H2,1-8H3,(H,56,66)(H,58,67)(H,60,68)/t29-,38+,40-,41-,43?,48+/m0/s1. The number of aliphatic hydroxyl groups is 1. The number of carbonyl (C=O) groups is 4. The predicted molar refractivity (Wildman–Crippen MR) is 282 cm³/mol. The van der Waals surface area contributed by atoms with Crippen molar-refractivity contribution in [3.8, 4) is 26.9 Å². The highest BCUT2D eigenvalue weighted by Gasteiger charge is 2.46. The van der Waals surface area contributed by atoms with Crippen LogP contribution < -0.4 is 25.4 Å². The van der Waals surface area contributed by atoms with Gasteiger partial charge in [-0.2, -0.15) is 0 Å². The maximum absolute atomic E-state index is 14.4. The van der Waals surface area contributed by atoms with Crippen LogP contribution >= 0.6 is 34.3 Å². The molecule has 0 spiro atoms. The first-order chi connectivity index (χ1) is 34.8. The van der Waals surface area contributed by atoms with Crippen LogP contribution in [0, 0.1) is 33.1 Å². The SMILES string of the molecule is Cc1ncsc1-c1ccc([C@H](C)NC(=O)[C@@H]2C[C@@H](O)CN2C(=O)[C@@H](NC(=O)C2Cc3cc(OCCCNC(=O)C[C@@H]4N=C(c5ccc(Cl)cc5)c5c(sc(C)c5C)-n5c(C)nnc54)ccc3O2)C(C)(C)C)cc1. The third-order valence-corrected chi connectivity index (χ3v) is 16.1. The molecule has 3 aliphatic heterocycles. The Morgan fingerprint density at radius 1 is 0.959 bits per heavy atom. The van der Waals surface area contributed by atoms with Crippen LogP contribution in [-0.2, 0) is 25.6 Å². The highest BCUT2D eigenvalue weighted by Crippen LogP contribution is 2.40. The number of hydrogen-bond acceptors (Lipinski definition) is 13. The van der Waals surface area contributed by atoms with E-state index in [1.54, 1.807) is 34.8 Å². The van der Waals surface area contributed by atoms with Gasteiger partial charge >= 0.3 is 0 Å². The lowest BCUT2D eigenvalue weighted by molar-refractivity contribution is -0.145. The number of carbonyl (C=O) groups excluding carboxylic acids is 4. The number of hydrogen-bond donors (Lipinski definition) is 4. The molecular weight excluding hydrogens is 986 g/mol. The van der Waals surface area contributed by atoms with Gasteiger partial charge in [-0.25, -0.2) is 4.98 Å². The van der Waals surface area contributed by atoms with Crippen LogP contribution in [0.5, 0.6) is 11.5 Å². The molecule has 0 saturated carbocycles. The molecule has 1 unspecified atom stereocenters.